The van der Waals surface area contributed by atoms with E-state index in [0.717, 1.165) is 31.3 Å². The van der Waals surface area contributed by atoms with Gasteiger partial charge in [0.1, 0.15) is 0 Å². The lowest BCUT2D eigenvalue weighted by Crippen LogP contribution is -2.49. The highest BCUT2D eigenvalue weighted by molar-refractivity contribution is 6.35. The number of carbonyl (C=O) groups is 3. The molecule has 2 heterocycles. The molecule has 1 aliphatic rings. The summed E-state index contributed by atoms with van der Waals surface area (Å²) in [5.74, 6) is -0.948. The first-order valence-corrected chi connectivity index (χ1v) is 9.69. The number of likely N-dealkylation sites (tertiary alicyclic amines) is 1. The largest absolute Gasteiger partial charge is 0.352 e. The maximum absolute atomic E-state index is 12.4. The summed E-state index contributed by atoms with van der Waals surface area (Å²) in [6.07, 6.45) is 4.48. The molecule has 0 saturated carbocycles. The molecule has 0 radical (unpaired) electrons. The fourth-order valence-corrected chi connectivity index (χ4v) is 3.67. The van der Waals surface area contributed by atoms with Gasteiger partial charge >= 0.3 is 17.8 Å². The highest BCUT2D eigenvalue weighted by Gasteiger charge is 2.27. The Balaban J connectivity index is 1.41. The fourth-order valence-electron chi connectivity index (χ4n) is 3.67. The van der Waals surface area contributed by atoms with Gasteiger partial charge in [0.05, 0.1) is 0 Å². The molecule has 150 valence electrons. The van der Waals surface area contributed by atoms with Crippen LogP contribution in [0.4, 0.5) is 4.79 Å². The van der Waals surface area contributed by atoms with Gasteiger partial charge in [-0.15, -0.1) is 0 Å². The summed E-state index contributed by atoms with van der Waals surface area (Å²) < 4.78 is 2.14. The normalized spacial score (nSPS) is 16.7. The van der Waals surface area contributed by atoms with Crippen molar-refractivity contribution in [2.45, 2.75) is 25.8 Å². The van der Waals surface area contributed by atoms with Crippen LogP contribution in [0.25, 0.3) is 10.9 Å². The number of fused-ring (bicyclic) bond motifs is 1. The molecule has 1 unspecified atom stereocenters. The zero-order valence-corrected chi connectivity index (χ0v) is 15.9. The van der Waals surface area contributed by atoms with Crippen molar-refractivity contribution < 1.29 is 14.4 Å². The van der Waals surface area contributed by atoms with Crippen LogP contribution in [0.5, 0.6) is 0 Å². The third kappa shape index (κ3) is 5.03. The number of hydrogen-bond acceptors (Lipinski definition) is 3. The van der Waals surface area contributed by atoms with E-state index in [-0.39, 0.29) is 5.92 Å². The molecule has 0 aliphatic carbocycles. The number of nitrogens with one attached hydrogen (secondary N) is 2. The maximum Gasteiger partial charge on any atom is 0.312 e. The Labute approximate surface area is 164 Å². The van der Waals surface area contributed by atoms with Crippen molar-refractivity contribution in [2.24, 2.45) is 11.7 Å². The minimum Gasteiger partial charge on any atom is -0.352 e. The second kappa shape index (κ2) is 9.25. The number of aryl methyl sites for hydroxylation is 1. The number of benzene rings is 1. The molecule has 1 saturated heterocycles. The Bertz CT molecular complexity index is 847. The van der Waals surface area contributed by atoms with Gasteiger partial charge in [-0.3, -0.25) is 9.59 Å². The summed E-state index contributed by atoms with van der Waals surface area (Å²) in [5.41, 5.74) is 6.25. The predicted molar refractivity (Wildman–Crippen MR) is 106 cm³/mol. The molecule has 1 atom stereocenters. The van der Waals surface area contributed by atoms with E-state index in [9.17, 15) is 14.4 Å². The van der Waals surface area contributed by atoms with Crippen molar-refractivity contribution in [1.82, 2.24) is 20.1 Å². The lowest BCUT2D eigenvalue weighted by molar-refractivity contribution is -0.147. The van der Waals surface area contributed by atoms with Crippen molar-refractivity contribution >= 4 is 28.7 Å². The summed E-state index contributed by atoms with van der Waals surface area (Å²) in [6, 6.07) is 9.64. The molecule has 3 rings (SSSR count). The minimum atomic E-state index is -0.573. The van der Waals surface area contributed by atoms with Crippen LogP contribution in [0.15, 0.2) is 36.5 Å². The molecule has 4 N–H and O–H groups in total. The molecule has 0 bridgehead atoms. The Morgan fingerprint density at radius 3 is 2.79 bits per heavy atom. The van der Waals surface area contributed by atoms with Gasteiger partial charge in [0, 0.05) is 44.4 Å². The summed E-state index contributed by atoms with van der Waals surface area (Å²) in [6.45, 7) is 2.66. The number of primary amides is 1. The number of nitrogens with zero attached hydrogens (tertiary/aromatic N) is 2. The van der Waals surface area contributed by atoms with Crippen molar-refractivity contribution in [2.75, 3.05) is 26.2 Å². The molecule has 4 amide bonds. The number of para-hydroxylation sites is 1. The van der Waals surface area contributed by atoms with Crippen LogP contribution in [0.1, 0.15) is 19.3 Å². The fraction of sp³-hybridized carbons (Fsp3) is 0.450. The number of urea groups is 1. The van der Waals surface area contributed by atoms with Crippen LogP contribution in [0, 0.1) is 5.92 Å². The summed E-state index contributed by atoms with van der Waals surface area (Å²) >= 11 is 0. The van der Waals surface area contributed by atoms with Crippen LogP contribution in [-0.2, 0) is 16.1 Å². The first kappa shape index (κ1) is 19.7. The number of hydrogen-bond donors (Lipinski definition) is 3. The highest BCUT2D eigenvalue weighted by Crippen LogP contribution is 2.16. The van der Waals surface area contributed by atoms with Crippen molar-refractivity contribution in [3.63, 3.8) is 0 Å². The van der Waals surface area contributed by atoms with E-state index < -0.39 is 17.8 Å². The van der Waals surface area contributed by atoms with Gasteiger partial charge in [0.25, 0.3) is 0 Å². The van der Waals surface area contributed by atoms with Gasteiger partial charge in [0.2, 0.25) is 0 Å². The lowest BCUT2D eigenvalue weighted by Gasteiger charge is -2.32. The van der Waals surface area contributed by atoms with Gasteiger partial charge < -0.3 is 25.8 Å². The SMILES string of the molecule is NC(=O)NCC1CCCN(C(=O)C(=O)NCCCn2ccc3ccccc32)C1. The zero-order chi connectivity index (χ0) is 19.9. The van der Waals surface area contributed by atoms with E-state index in [1.165, 1.54) is 5.39 Å². The molecule has 1 aliphatic heterocycles. The average Bonchev–Trinajstić information content (AvgIpc) is 3.12. The van der Waals surface area contributed by atoms with Crippen LogP contribution < -0.4 is 16.4 Å². The van der Waals surface area contributed by atoms with Gasteiger partial charge in [-0.1, -0.05) is 18.2 Å². The Morgan fingerprint density at radius 1 is 1.14 bits per heavy atom. The predicted octanol–water partition coefficient (Wildman–Crippen LogP) is 1.05. The minimum absolute atomic E-state index is 0.125. The van der Waals surface area contributed by atoms with Crippen LogP contribution in [0.3, 0.4) is 0 Å². The van der Waals surface area contributed by atoms with Crippen molar-refractivity contribution in [1.29, 1.82) is 0 Å². The number of carbonyl (C=O) groups excluding carboxylic acids is 3. The molecular weight excluding hydrogens is 358 g/mol. The third-order valence-electron chi connectivity index (χ3n) is 5.11. The summed E-state index contributed by atoms with van der Waals surface area (Å²) in [4.78, 5) is 37.0. The second-order valence-corrected chi connectivity index (χ2v) is 7.18. The number of amides is 4. The summed E-state index contributed by atoms with van der Waals surface area (Å²) in [5, 5.41) is 6.48. The van der Waals surface area contributed by atoms with Crippen LogP contribution in [-0.4, -0.2) is 53.5 Å². The first-order chi connectivity index (χ1) is 13.5. The Hall–Kier alpha value is -3.03. The van der Waals surface area contributed by atoms with Crippen LogP contribution >= 0.6 is 0 Å². The quantitative estimate of drug-likeness (QED) is 0.511. The average molecular weight is 385 g/mol. The van der Waals surface area contributed by atoms with E-state index in [1.807, 2.05) is 18.3 Å². The van der Waals surface area contributed by atoms with Gasteiger partial charge in [-0.25, -0.2) is 4.79 Å². The zero-order valence-electron chi connectivity index (χ0n) is 15.9. The van der Waals surface area contributed by atoms with Crippen LogP contribution in [0.2, 0.25) is 0 Å². The number of nitrogens with two attached hydrogens (primary N) is 1. The molecule has 1 aromatic carbocycles. The molecule has 28 heavy (non-hydrogen) atoms. The van der Waals surface area contributed by atoms with E-state index in [4.69, 9.17) is 5.73 Å². The number of aromatic nitrogens is 1. The van der Waals surface area contributed by atoms with E-state index in [2.05, 4.69) is 33.4 Å². The van der Waals surface area contributed by atoms with Gasteiger partial charge in [-0.2, -0.15) is 0 Å². The number of piperidine rings is 1. The van der Waals surface area contributed by atoms with Gasteiger partial charge in [0.15, 0.2) is 0 Å². The maximum atomic E-state index is 12.4. The molecule has 1 aromatic heterocycles. The van der Waals surface area contributed by atoms with E-state index in [0.29, 0.717) is 26.2 Å². The third-order valence-corrected chi connectivity index (χ3v) is 5.11. The Morgan fingerprint density at radius 2 is 1.96 bits per heavy atom. The monoisotopic (exact) mass is 385 g/mol. The molecule has 2 aromatic rings. The molecule has 0 spiro atoms. The second-order valence-electron chi connectivity index (χ2n) is 7.18. The Kier molecular flexibility index (Phi) is 6.52. The smallest absolute Gasteiger partial charge is 0.312 e. The number of rotatable bonds is 6. The molecular formula is C20H27N5O3. The molecule has 8 nitrogen and oxygen atoms in total. The first-order valence-electron chi connectivity index (χ1n) is 9.69. The topological polar surface area (TPSA) is 109 Å². The summed E-state index contributed by atoms with van der Waals surface area (Å²) in [7, 11) is 0. The molecule has 8 heteroatoms. The van der Waals surface area contributed by atoms with Crippen molar-refractivity contribution in [3.8, 4) is 0 Å². The van der Waals surface area contributed by atoms with Crippen molar-refractivity contribution in [3.05, 3.63) is 36.5 Å². The van der Waals surface area contributed by atoms with Gasteiger partial charge in [-0.05, 0) is 42.7 Å². The standard InChI is InChI=1S/C20H27N5O3/c21-20(28)23-13-15-5-3-10-25(14-15)19(27)18(26)22-9-4-11-24-12-8-16-6-1-2-7-17(16)24/h1-2,6-8,12,15H,3-5,9-11,13-14H2,(H,22,26)(H3,21,23,28). The van der Waals surface area contributed by atoms with E-state index >= 15 is 0 Å². The van der Waals surface area contributed by atoms with E-state index in [1.54, 1.807) is 4.90 Å². The lowest BCUT2D eigenvalue weighted by atomic mass is 9.98. The molecule has 1 fully saturated rings. The highest BCUT2D eigenvalue weighted by atomic mass is 16.2.